The minimum atomic E-state index is -0.499. The van der Waals surface area contributed by atoms with Crippen LogP contribution in [-0.4, -0.2) is 17.5 Å². The highest BCUT2D eigenvalue weighted by Crippen LogP contribution is 2.16. The van der Waals surface area contributed by atoms with Crippen molar-refractivity contribution in [1.82, 2.24) is 5.32 Å². The van der Waals surface area contributed by atoms with Gasteiger partial charge in [-0.2, -0.15) is 0 Å². The second-order valence-electron chi connectivity index (χ2n) is 4.93. The van der Waals surface area contributed by atoms with E-state index in [0.29, 0.717) is 12.2 Å². The molecule has 0 aliphatic rings. The Morgan fingerprint density at radius 2 is 1.95 bits per heavy atom. The summed E-state index contributed by atoms with van der Waals surface area (Å²) < 4.78 is 0. The van der Waals surface area contributed by atoms with Gasteiger partial charge >= 0.3 is 6.03 Å². The predicted molar refractivity (Wildman–Crippen MR) is 85.0 cm³/mol. The minimum absolute atomic E-state index is 0.0578. The molecule has 0 atom stereocenters. The maximum absolute atomic E-state index is 11.8. The summed E-state index contributed by atoms with van der Waals surface area (Å²) in [6, 6.07) is 13.5. The zero-order valence-corrected chi connectivity index (χ0v) is 12.2. The molecule has 2 N–H and O–H groups in total. The lowest BCUT2D eigenvalue weighted by Gasteiger charge is -2.08. The van der Waals surface area contributed by atoms with Crippen LogP contribution in [0.1, 0.15) is 11.1 Å². The monoisotopic (exact) mass is 299 g/mol. The van der Waals surface area contributed by atoms with Crippen LogP contribution in [0.15, 0.2) is 48.5 Å². The third-order valence-corrected chi connectivity index (χ3v) is 3.10. The number of non-ortho nitro benzene ring substituents is 1. The van der Waals surface area contributed by atoms with E-state index in [1.807, 2.05) is 25.1 Å². The molecule has 2 amide bonds. The Bertz CT molecular complexity index is 686. The van der Waals surface area contributed by atoms with Gasteiger partial charge in [-0.25, -0.2) is 4.79 Å². The molecule has 0 heterocycles. The van der Waals surface area contributed by atoms with E-state index in [9.17, 15) is 14.9 Å². The molecule has 2 aromatic rings. The van der Waals surface area contributed by atoms with Crippen LogP contribution in [0.4, 0.5) is 16.2 Å². The first-order valence-electron chi connectivity index (χ1n) is 6.89. The summed E-state index contributed by atoms with van der Waals surface area (Å²) >= 11 is 0. The molecule has 0 unspecified atom stereocenters. The quantitative estimate of drug-likeness (QED) is 0.656. The Morgan fingerprint density at radius 3 is 2.68 bits per heavy atom. The van der Waals surface area contributed by atoms with Crippen molar-refractivity contribution >= 4 is 17.4 Å². The lowest BCUT2D eigenvalue weighted by Crippen LogP contribution is -2.30. The summed E-state index contributed by atoms with van der Waals surface area (Å²) in [5.74, 6) is 0. The molecular formula is C16H17N3O3. The van der Waals surface area contributed by atoms with E-state index in [0.717, 1.165) is 12.0 Å². The highest BCUT2D eigenvalue weighted by Gasteiger charge is 2.07. The molecule has 0 bridgehead atoms. The number of amides is 2. The molecule has 2 aromatic carbocycles. The molecule has 2 rings (SSSR count). The highest BCUT2D eigenvalue weighted by molar-refractivity contribution is 5.89. The van der Waals surface area contributed by atoms with Crippen LogP contribution in [-0.2, 0) is 6.42 Å². The average Bonchev–Trinajstić information content (AvgIpc) is 2.47. The van der Waals surface area contributed by atoms with Gasteiger partial charge < -0.3 is 10.6 Å². The van der Waals surface area contributed by atoms with Gasteiger partial charge in [0.15, 0.2) is 0 Å². The van der Waals surface area contributed by atoms with Gasteiger partial charge in [0, 0.05) is 24.4 Å². The molecule has 0 saturated heterocycles. The van der Waals surface area contributed by atoms with Gasteiger partial charge in [-0.05, 0) is 25.0 Å². The van der Waals surface area contributed by atoms with Crippen LogP contribution in [0.25, 0.3) is 0 Å². The summed E-state index contributed by atoms with van der Waals surface area (Å²) in [4.78, 5) is 21.9. The number of nitrogens with zero attached hydrogens (tertiary/aromatic N) is 1. The zero-order valence-electron chi connectivity index (χ0n) is 12.2. The van der Waals surface area contributed by atoms with Crippen molar-refractivity contribution in [1.29, 1.82) is 0 Å². The molecule has 6 heteroatoms. The number of aryl methyl sites for hydroxylation is 1. The van der Waals surface area contributed by atoms with Crippen LogP contribution in [0.2, 0.25) is 0 Å². The van der Waals surface area contributed by atoms with Crippen LogP contribution in [0.3, 0.4) is 0 Å². The molecule has 0 aromatic heterocycles. The zero-order chi connectivity index (χ0) is 15.9. The summed E-state index contributed by atoms with van der Waals surface area (Å²) in [7, 11) is 0. The Labute approximate surface area is 128 Å². The van der Waals surface area contributed by atoms with E-state index in [4.69, 9.17) is 0 Å². The van der Waals surface area contributed by atoms with Gasteiger partial charge in [0.2, 0.25) is 0 Å². The fourth-order valence-electron chi connectivity index (χ4n) is 2.06. The number of urea groups is 1. The predicted octanol–water partition coefficient (Wildman–Crippen LogP) is 3.27. The number of benzene rings is 2. The second kappa shape index (κ2) is 7.21. The van der Waals surface area contributed by atoms with Gasteiger partial charge in [0.25, 0.3) is 5.69 Å². The molecule has 22 heavy (non-hydrogen) atoms. The highest BCUT2D eigenvalue weighted by atomic mass is 16.6. The molecule has 114 valence electrons. The smallest absolute Gasteiger partial charge is 0.319 e. The van der Waals surface area contributed by atoms with Crippen LogP contribution in [0, 0.1) is 17.0 Å². The van der Waals surface area contributed by atoms with Crippen LogP contribution >= 0.6 is 0 Å². The van der Waals surface area contributed by atoms with Crippen molar-refractivity contribution in [2.24, 2.45) is 0 Å². The Morgan fingerprint density at radius 1 is 1.18 bits per heavy atom. The molecule has 0 aliphatic carbocycles. The summed E-state index contributed by atoms with van der Waals surface area (Å²) in [5.41, 5.74) is 2.66. The fraction of sp³-hybridized carbons (Fsp3) is 0.188. The molecule has 6 nitrogen and oxygen atoms in total. The molecule has 0 fully saturated rings. The number of anilines is 1. The number of carbonyl (C=O) groups is 1. The molecule has 0 aliphatic heterocycles. The number of nitrogens with one attached hydrogen (secondary N) is 2. The van der Waals surface area contributed by atoms with E-state index in [1.165, 1.54) is 23.8 Å². The Balaban J connectivity index is 1.83. The lowest BCUT2D eigenvalue weighted by molar-refractivity contribution is -0.384. The second-order valence-corrected chi connectivity index (χ2v) is 4.93. The fourth-order valence-corrected chi connectivity index (χ4v) is 2.06. The Hall–Kier alpha value is -2.89. The average molecular weight is 299 g/mol. The van der Waals surface area contributed by atoms with Gasteiger partial charge in [-0.3, -0.25) is 10.1 Å². The third-order valence-electron chi connectivity index (χ3n) is 3.10. The van der Waals surface area contributed by atoms with E-state index in [2.05, 4.69) is 16.7 Å². The Kier molecular flexibility index (Phi) is 5.08. The largest absolute Gasteiger partial charge is 0.338 e. The van der Waals surface area contributed by atoms with Crippen LogP contribution < -0.4 is 10.6 Å². The maximum atomic E-state index is 11.8. The van der Waals surface area contributed by atoms with Gasteiger partial charge in [-0.1, -0.05) is 35.9 Å². The first-order valence-corrected chi connectivity index (χ1v) is 6.89. The summed E-state index contributed by atoms with van der Waals surface area (Å²) in [5, 5.41) is 16.0. The van der Waals surface area contributed by atoms with Gasteiger partial charge in [-0.15, -0.1) is 0 Å². The molecule has 0 spiro atoms. The standard InChI is InChI=1S/C16H17N3O3/c1-12-4-2-5-13(10-12)8-9-17-16(20)18-14-6-3-7-15(11-14)19(21)22/h2-7,10-11H,8-9H2,1H3,(H2,17,18,20). The minimum Gasteiger partial charge on any atom is -0.338 e. The third kappa shape index (κ3) is 4.59. The van der Waals surface area contributed by atoms with Crippen molar-refractivity contribution < 1.29 is 9.72 Å². The first kappa shape index (κ1) is 15.5. The molecular weight excluding hydrogens is 282 g/mol. The van der Waals surface area contributed by atoms with Crippen molar-refractivity contribution in [2.75, 3.05) is 11.9 Å². The van der Waals surface area contributed by atoms with Gasteiger partial charge in [0.1, 0.15) is 0 Å². The lowest BCUT2D eigenvalue weighted by atomic mass is 10.1. The van der Waals surface area contributed by atoms with Crippen LogP contribution in [0.5, 0.6) is 0 Å². The maximum Gasteiger partial charge on any atom is 0.319 e. The van der Waals surface area contributed by atoms with E-state index in [-0.39, 0.29) is 11.7 Å². The SMILES string of the molecule is Cc1cccc(CCNC(=O)Nc2cccc([N+](=O)[O-])c2)c1. The van der Waals surface area contributed by atoms with Crippen molar-refractivity contribution in [2.45, 2.75) is 13.3 Å². The number of nitro benzene ring substituents is 1. The van der Waals surface area contributed by atoms with E-state index >= 15 is 0 Å². The normalized spacial score (nSPS) is 10.0. The number of hydrogen-bond acceptors (Lipinski definition) is 3. The topological polar surface area (TPSA) is 84.3 Å². The van der Waals surface area contributed by atoms with Crippen molar-refractivity contribution in [3.63, 3.8) is 0 Å². The van der Waals surface area contributed by atoms with E-state index < -0.39 is 4.92 Å². The molecule has 0 radical (unpaired) electrons. The van der Waals surface area contributed by atoms with Crippen molar-refractivity contribution in [3.05, 3.63) is 69.8 Å². The van der Waals surface area contributed by atoms with E-state index in [1.54, 1.807) is 6.07 Å². The number of nitro groups is 1. The number of rotatable bonds is 5. The number of hydrogen-bond donors (Lipinski definition) is 2. The van der Waals surface area contributed by atoms with Crippen molar-refractivity contribution in [3.8, 4) is 0 Å². The first-order chi connectivity index (χ1) is 10.5. The summed E-state index contributed by atoms with van der Waals surface area (Å²) in [6.45, 7) is 2.51. The molecule has 0 saturated carbocycles. The number of carbonyl (C=O) groups excluding carboxylic acids is 1. The van der Waals surface area contributed by atoms with Gasteiger partial charge in [0.05, 0.1) is 4.92 Å². The summed E-state index contributed by atoms with van der Waals surface area (Å²) in [6.07, 6.45) is 0.726.